The molecule has 1 aliphatic rings. The van der Waals surface area contributed by atoms with E-state index in [2.05, 4.69) is 15.5 Å². The monoisotopic (exact) mass is 440 g/mol. The fraction of sp³-hybridized carbons (Fsp3) is 0.273. The van der Waals surface area contributed by atoms with Crippen molar-refractivity contribution in [3.8, 4) is 0 Å². The lowest BCUT2D eigenvalue weighted by Crippen LogP contribution is -2.39. The van der Waals surface area contributed by atoms with Crippen molar-refractivity contribution in [2.75, 3.05) is 18.4 Å². The van der Waals surface area contributed by atoms with E-state index in [4.69, 9.17) is 11.6 Å². The summed E-state index contributed by atoms with van der Waals surface area (Å²) in [6.45, 7) is 3.31. The Kier molecular flexibility index (Phi) is 6.11. The number of hydrogen-bond donors (Lipinski definition) is 1. The number of anilines is 1. The zero-order valence-corrected chi connectivity index (χ0v) is 18.0. The second kappa shape index (κ2) is 8.93. The molecule has 3 aromatic rings. The first kappa shape index (κ1) is 20.5. The molecule has 2 aromatic carbocycles. The number of halogens is 1. The van der Waals surface area contributed by atoms with Crippen molar-refractivity contribution < 1.29 is 9.59 Å². The first-order valence-corrected chi connectivity index (χ1v) is 11.0. The molecule has 1 aliphatic heterocycles. The van der Waals surface area contributed by atoms with Crippen molar-refractivity contribution in [2.45, 2.75) is 25.7 Å². The molecule has 1 atom stereocenters. The fourth-order valence-electron chi connectivity index (χ4n) is 3.45. The molecule has 1 fully saturated rings. The molecular weight excluding hydrogens is 420 g/mol. The number of aryl methyl sites for hydroxylation is 1. The van der Waals surface area contributed by atoms with Crippen LogP contribution in [-0.4, -0.2) is 40.0 Å². The molecule has 0 aliphatic carbocycles. The lowest BCUT2D eigenvalue weighted by molar-refractivity contribution is 0.0706. The Morgan fingerprint density at radius 1 is 1.10 bits per heavy atom. The Balaban J connectivity index is 1.42. The molecule has 0 bridgehead atoms. The Labute approximate surface area is 183 Å². The molecule has 0 saturated carbocycles. The molecule has 0 radical (unpaired) electrons. The van der Waals surface area contributed by atoms with Crippen molar-refractivity contribution >= 4 is 40.4 Å². The summed E-state index contributed by atoms with van der Waals surface area (Å²) in [5.41, 5.74) is 2.47. The van der Waals surface area contributed by atoms with E-state index in [0.29, 0.717) is 27.8 Å². The summed E-state index contributed by atoms with van der Waals surface area (Å²) in [5, 5.41) is 12.8. The topological polar surface area (TPSA) is 75.2 Å². The van der Waals surface area contributed by atoms with Crippen LogP contribution in [0.25, 0.3) is 0 Å². The van der Waals surface area contributed by atoms with Gasteiger partial charge in [-0.05, 0) is 56.2 Å². The minimum Gasteiger partial charge on any atom is -0.338 e. The van der Waals surface area contributed by atoms with E-state index < -0.39 is 0 Å². The number of amides is 2. The highest BCUT2D eigenvalue weighted by atomic mass is 35.5. The van der Waals surface area contributed by atoms with Crippen molar-refractivity contribution in [3.05, 3.63) is 74.7 Å². The smallest absolute Gasteiger partial charge is 0.286 e. The maximum Gasteiger partial charge on any atom is 0.286 e. The van der Waals surface area contributed by atoms with E-state index in [0.717, 1.165) is 30.0 Å². The van der Waals surface area contributed by atoms with Gasteiger partial charge < -0.3 is 10.2 Å². The molecule has 2 heterocycles. The van der Waals surface area contributed by atoms with E-state index >= 15 is 0 Å². The Bertz CT molecular complexity index is 1050. The van der Waals surface area contributed by atoms with Gasteiger partial charge in [-0.25, -0.2) is 0 Å². The van der Waals surface area contributed by atoms with Crippen LogP contribution < -0.4 is 5.32 Å². The van der Waals surface area contributed by atoms with Gasteiger partial charge in [0.2, 0.25) is 5.01 Å². The zero-order valence-electron chi connectivity index (χ0n) is 16.5. The number of carbonyl (C=O) groups excluding carboxylic acids is 2. The largest absolute Gasteiger partial charge is 0.338 e. The average molecular weight is 441 g/mol. The third-order valence-corrected chi connectivity index (χ3v) is 6.43. The molecule has 154 valence electrons. The SMILES string of the molecule is Cc1ccc(C(=O)N2CCC[C@H](c3nnc(C(=O)Nc4ccc(Cl)cc4)s3)C2)cc1. The van der Waals surface area contributed by atoms with Crippen LogP contribution >= 0.6 is 22.9 Å². The minimum absolute atomic E-state index is 0.0323. The maximum absolute atomic E-state index is 12.8. The van der Waals surface area contributed by atoms with Gasteiger partial charge in [0.15, 0.2) is 0 Å². The molecule has 4 rings (SSSR count). The van der Waals surface area contributed by atoms with Gasteiger partial charge in [-0.3, -0.25) is 9.59 Å². The second-order valence-electron chi connectivity index (χ2n) is 7.36. The minimum atomic E-state index is -0.301. The van der Waals surface area contributed by atoms with Crippen LogP contribution in [0.3, 0.4) is 0 Å². The van der Waals surface area contributed by atoms with Crippen LogP contribution in [-0.2, 0) is 0 Å². The van der Waals surface area contributed by atoms with E-state index in [-0.39, 0.29) is 17.7 Å². The molecule has 1 saturated heterocycles. The average Bonchev–Trinajstić information content (AvgIpc) is 3.26. The molecular formula is C22H21ClN4O2S. The quantitative estimate of drug-likeness (QED) is 0.633. The van der Waals surface area contributed by atoms with Crippen molar-refractivity contribution in [2.24, 2.45) is 0 Å². The lowest BCUT2D eigenvalue weighted by Gasteiger charge is -2.31. The highest BCUT2D eigenvalue weighted by Gasteiger charge is 2.28. The van der Waals surface area contributed by atoms with Crippen molar-refractivity contribution in [3.63, 3.8) is 0 Å². The third-order valence-electron chi connectivity index (χ3n) is 5.09. The van der Waals surface area contributed by atoms with Gasteiger partial charge in [-0.1, -0.05) is 40.6 Å². The molecule has 1 aromatic heterocycles. The van der Waals surface area contributed by atoms with Gasteiger partial charge in [-0.2, -0.15) is 0 Å². The number of aromatic nitrogens is 2. The van der Waals surface area contributed by atoms with Crippen LogP contribution in [0.4, 0.5) is 5.69 Å². The first-order valence-electron chi connectivity index (χ1n) is 9.76. The molecule has 1 N–H and O–H groups in total. The molecule has 6 nitrogen and oxygen atoms in total. The summed E-state index contributed by atoms with van der Waals surface area (Å²) in [6, 6.07) is 14.5. The predicted molar refractivity (Wildman–Crippen MR) is 118 cm³/mol. The fourth-order valence-corrected chi connectivity index (χ4v) is 4.44. The lowest BCUT2D eigenvalue weighted by atomic mass is 9.98. The van der Waals surface area contributed by atoms with Crippen LogP contribution in [0.2, 0.25) is 5.02 Å². The third kappa shape index (κ3) is 4.68. The van der Waals surface area contributed by atoms with Gasteiger partial charge in [-0.15, -0.1) is 10.2 Å². The van der Waals surface area contributed by atoms with E-state index in [1.165, 1.54) is 11.3 Å². The van der Waals surface area contributed by atoms with Crippen LogP contribution in [0.5, 0.6) is 0 Å². The zero-order chi connectivity index (χ0) is 21.1. The predicted octanol–water partition coefficient (Wildman–Crippen LogP) is 4.77. The Morgan fingerprint density at radius 2 is 1.83 bits per heavy atom. The van der Waals surface area contributed by atoms with Gasteiger partial charge in [0, 0.05) is 35.3 Å². The summed E-state index contributed by atoms with van der Waals surface area (Å²) in [6.07, 6.45) is 1.82. The van der Waals surface area contributed by atoms with E-state index in [1.54, 1.807) is 24.3 Å². The van der Waals surface area contributed by atoms with Crippen LogP contribution in [0.15, 0.2) is 48.5 Å². The Morgan fingerprint density at radius 3 is 2.57 bits per heavy atom. The maximum atomic E-state index is 12.8. The summed E-state index contributed by atoms with van der Waals surface area (Å²) < 4.78 is 0. The molecule has 0 unspecified atom stereocenters. The normalized spacial score (nSPS) is 16.3. The number of hydrogen-bond acceptors (Lipinski definition) is 5. The van der Waals surface area contributed by atoms with E-state index in [9.17, 15) is 9.59 Å². The molecule has 0 spiro atoms. The molecule has 30 heavy (non-hydrogen) atoms. The van der Waals surface area contributed by atoms with Gasteiger partial charge in [0.05, 0.1) is 0 Å². The summed E-state index contributed by atoms with van der Waals surface area (Å²) in [5.74, 6) is -0.183. The highest BCUT2D eigenvalue weighted by molar-refractivity contribution is 7.13. The van der Waals surface area contributed by atoms with Gasteiger partial charge >= 0.3 is 0 Å². The summed E-state index contributed by atoms with van der Waals surface area (Å²) in [7, 11) is 0. The number of likely N-dealkylation sites (tertiary alicyclic amines) is 1. The van der Waals surface area contributed by atoms with Crippen LogP contribution in [0, 0.1) is 6.92 Å². The standard InChI is InChI=1S/C22H21ClN4O2S/c1-14-4-6-15(7-5-14)22(29)27-12-2-3-16(13-27)20-25-26-21(30-20)19(28)24-18-10-8-17(23)9-11-18/h4-11,16H,2-3,12-13H2,1H3,(H,24,28)/t16-/m0/s1. The van der Waals surface area contributed by atoms with Crippen molar-refractivity contribution in [1.82, 2.24) is 15.1 Å². The van der Waals surface area contributed by atoms with Gasteiger partial charge in [0.25, 0.3) is 11.8 Å². The number of nitrogens with zero attached hydrogens (tertiary/aromatic N) is 3. The number of piperidine rings is 1. The number of nitrogens with one attached hydrogen (secondary N) is 1. The number of rotatable bonds is 4. The summed E-state index contributed by atoms with van der Waals surface area (Å²) in [4.78, 5) is 27.2. The number of benzene rings is 2. The van der Waals surface area contributed by atoms with Gasteiger partial charge in [0.1, 0.15) is 5.01 Å². The highest BCUT2D eigenvalue weighted by Crippen LogP contribution is 2.30. The molecule has 8 heteroatoms. The van der Waals surface area contributed by atoms with E-state index in [1.807, 2.05) is 36.1 Å². The van der Waals surface area contributed by atoms with Crippen molar-refractivity contribution in [1.29, 1.82) is 0 Å². The molecule has 2 amide bonds. The Hall–Kier alpha value is -2.77. The second-order valence-corrected chi connectivity index (χ2v) is 8.81. The van der Waals surface area contributed by atoms with Crippen LogP contribution in [0.1, 0.15) is 49.5 Å². The first-order chi connectivity index (χ1) is 14.5. The summed E-state index contributed by atoms with van der Waals surface area (Å²) >= 11 is 7.16. The number of carbonyl (C=O) groups is 2.